The van der Waals surface area contributed by atoms with Crippen LogP contribution in [0.5, 0.6) is 6.01 Å². The number of aryl methyl sites for hydroxylation is 3. The van der Waals surface area contributed by atoms with E-state index in [1.54, 1.807) is 24.9 Å². The van der Waals surface area contributed by atoms with Crippen LogP contribution in [0.4, 0.5) is 0 Å². The van der Waals surface area contributed by atoms with Crippen molar-refractivity contribution in [3.63, 3.8) is 0 Å². The van der Waals surface area contributed by atoms with E-state index < -0.39 is 0 Å². The van der Waals surface area contributed by atoms with Crippen molar-refractivity contribution < 1.29 is 13.9 Å². The molecule has 1 saturated heterocycles. The van der Waals surface area contributed by atoms with Crippen LogP contribution in [-0.2, 0) is 17.6 Å². The lowest BCUT2D eigenvalue weighted by Crippen LogP contribution is -2.29. The minimum absolute atomic E-state index is 0.0768. The Bertz CT molecular complexity index is 1150. The third kappa shape index (κ3) is 25.2. The summed E-state index contributed by atoms with van der Waals surface area (Å²) >= 11 is 0. The summed E-state index contributed by atoms with van der Waals surface area (Å²) in [6.07, 6.45) is 16.2. The molecular weight excluding hydrogens is 600 g/mol. The van der Waals surface area contributed by atoms with E-state index in [0.29, 0.717) is 30.1 Å². The topological polar surface area (TPSA) is 99.3 Å². The molecule has 4 rings (SSSR count). The van der Waals surface area contributed by atoms with Crippen LogP contribution in [0.1, 0.15) is 125 Å². The van der Waals surface area contributed by atoms with E-state index in [0.717, 1.165) is 42.1 Å². The molecule has 48 heavy (non-hydrogen) atoms. The minimum atomic E-state index is -0.0768. The SMILES string of the molecule is CC(C)(C)CN1CCCC1.CC(C)(C)OCCc1ncco1.Cc1cnc(CCC(C)(C)C)nc1.Cc1cnc(OCC(C)(C)C)nc1. The van der Waals surface area contributed by atoms with Crippen molar-refractivity contribution in [1.29, 1.82) is 0 Å². The second-order valence-electron chi connectivity index (χ2n) is 17.3. The molecule has 0 amide bonds. The van der Waals surface area contributed by atoms with Gasteiger partial charge in [-0.25, -0.2) is 24.9 Å². The van der Waals surface area contributed by atoms with Gasteiger partial charge >= 0.3 is 6.01 Å². The maximum absolute atomic E-state index is 5.50. The summed E-state index contributed by atoms with van der Waals surface area (Å²) in [4.78, 5) is 23.2. The number of oxazole rings is 1. The molecule has 4 heterocycles. The normalized spacial score (nSPS) is 13.8. The van der Waals surface area contributed by atoms with E-state index in [1.807, 2.05) is 47.0 Å². The fourth-order valence-electron chi connectivity index (χ4n) is 4.20. The van der Waals surface area contributed by atoms with E-state index >= 15 is 0 Å². The second kappa shape index (κ2) is 20.6. The first kappa shape index (κ1) is 43.1. The summed E-state index contributed by atoms with van der Waals surface area (Å²) in [5.41, 5.74) is 3.10. The van der Waals surface area contributed by atoms with E-state index in [1.165, 1.54) is 32.5 Å². The van der Waals surface area contributed by atoms with Gasteiger partial charge in [-0.3, -0.25) is 0 Å². The van der Waals surface area contributed by atoms with Crippen molar-refractivity contribution in [3.8, 4) is 6.01 Å². The van der Waals surface area contributed by atoms with Crippen molar-refractivity contribution >= 4 is 0 Å². The zero-order chi connectivity index (χ0) is 36.4. The first-order valence-electron chi connectivity index (χ1n) is 17.5. The molecule has 9 heteroatoms. The third-order valence-corrected chi connectivity index (χ3v) is 6.56. The first-order chi connectivity index (χ1) is 22.1. The van der Waals surface area contributed by atoms with E-state index in [2.05, 4.69) is 92.1 Å². The molecule has 272 valence electrons. The zero-order valence-electron chi connectivity index (χ0n) is 32.9. The Morgan fingerprint density at radius 2 is 1.23 bits per heavy atom. The zero-order valence-corrected chi connectivity index (χ0v) is 32.9. The lowest BCUT2D eigenvalue weighted by molar-refractivity contribution is -0.00284. The van der Waals surface area contributed by atoms with Gasteiger partial charge in [0.2, 0.25) is 0 Å². The predicted octanol–water partition coefficient (Wildman–Crippen LogP) is 9.13. The smallest absolute Gasteiger partial charge is 0.316 e. The molecule has 0 N–H and O–H groups in total. The Balaban J connectivity index is 0.000000321. The summed E-state index contributed by atoms with van der Waals surface area (Å²) < 4.78 is 16.0. The van der Waals surface area contributed by atoms with Gasteiger partial charge in [-0.15, -0.1) is 0 Å². The molecule has 3 aromatic rings. The fraction of sp³-hybridized carbons (Fsp3) is 0.718. The molecule has 9 nitrogen and oxygen atoms in total. The highest BCUT2D eigenvalue weighted by Crippen LogP contribution is 2.20. The molecule has 0 atom stereocenters. The van der Waals surface area contributed by atoms with Crippen molar-refractivity contribution in [2.24, 2.45) is 16.2 Å². The Morgan fingerprint density at radius 3 is 1.67 bits per heavy atom. The lowest BCUT2D eigenvalue weighted by atomic mass is 9.90. The Labute approximate surface area is 293 Å². The van der Waals surface area contributed by atoms with Crippen molar-refractivity contribution in [2.75, 3.05) is 32.8 Å². The summed E-state index contributed by atoms with van der Waals surface area (Å²) in [6.45, 7) is 35.3. The highest BCUT2D eigenvalue weighted by molar-refractivity contribution is 5.04. The number of likely N-dealkylation sites (tertiary alicyclic amines) is 1. The molecule has 0 radical (unpaired) electrons. The standard InChI is InChI=1S/C11H18N2.C10H16N2O.C9H15NO2.C9H19N/c1-9-7-12-10(13-8-9)5-6-11(2,3)4;1-8-5-11-9(12-6-8)13-7-10(2,3)4;1-9(2,3)12-6-4-8-10-5-7-11-8;1-9(2,3)8-10-6-4-5-7-10/h7-8H,5-6H2,1-4H3;5-6H,7H2,1-4H3;5,7H,4,6H2,1-3H3;4-8H2,1-3H3. The van der Waals surface area contributed by atoms with Gasteiger partial charge in [0.05, 0.1) is 25.0 Å². The van der Waals surface area contributed by atoms with E-state index in [4.69, 9.17) is 13.9 Å². The van der Waals surface area contributed by atoms with Crippen LogP contribution in [0.15, 0.2) is 41.7 Å². The van der Waals surface area contributed by atoms with Gasteiger partial charge < -0.3 is 18.8 Å². The molecule has 0 aromatic carbocycles. The second-order valence-corrected chi connectivity index (χ2v) is 17.3. The van der Waals surface area contributed by atoms with Gasteiger partial charge in [0.1, 0.15) is 12.1 Å². The van der Waals surface area contributed by atoms with Crippen LogP contribution >= 0.6 is 0 Å². The van der Waals surface area contributed by atoms with Gasteiger partial charge in [-0.2, -0.15) is 0 Å². The van der Waals surface area contributed by atoms with Crippen molar-refractivity contribution in [2.45, 2.75) is 135 Å². The molecule has 1 aliphatic heterocycles. The third-order valence-electron chi connectivity index (χ3n) is 6.56. The number of ether oxygens (including phenoxy) is 2. The van der Waals surface area contributed by atoms with Crippen molar-refractivity contribution in [3.05, 3.63) is 60.1 Å². The molecule has 1 aliphatic rings. The summed E-state index contributed by atoms with van der Waals surface area (Å²) in [5, 5.41) is 0. The molecular formula is C39H68N6O3. The Morgan fingerprint density at radius 1 is 0.688 bits per heavy atom. The monoisotopic (exact) mass is 669 g/mol. The highest BCUT2D eigenvalue weighted by atomic mass is 16.5. The van der Waals surface area contributed by atoms with Gasteiger partial charge in [-0.1, -0.05) is 62.3 Å². The van der Waals surface area contributed by atoms with Gasteiger partial charge in [0.15, 0.2) is 5.89 Å². The van der Waals surface area contributed by atoms with Crippen molar-refractivity contribution in [1.82, 2.24) is 29.8 Å². The maximum atomic E-state index is 5.50. The minimum Gasteiger partial charge on any atom is -0.463 e. The van der Waals surface area contributed by atoms with Crippen LogP contribution < -0.4 is 4.74 Å². The summed E-state index contributed by atoms with van der Waals surface area (Å²) in [7, 11) is 0. The van der Waals surface area contributed by atoms with Crippen LogP contribution in [0.25, 0.3) is 0 Å². The van der Waals surface area contributed by atoms with Gasteiger partial charge in [0, 0.05) is 44.2 Å². The van der Waals surface area contributed by atoms with Gasteiger partial charge in [0.25, 0.3) is 0 Å². The molecule has 1 fully saturated rings. The largest absolute Gasteiger partial charge is 0.463 e. The number of nitrogens with zero attached hydrogens (tertiary/aromatic N) is 6. The van der Waals surface area contributed by atoms with Crippen LogP contribution in [0, 0.1) is 30.1 Å². The quantitative estimate of drug-likeness (QED) is 0.233. The van der Waals surface area contributed by atoms with Crippen LogP contribution in [0.3, 0.4) is 0 Å². The number of aromatic nitrogens is 5. The first-order valence-corrected chi connectivity index (χ1v) is 17.5. The van der Waals surface area contributed by atoms with E-state index in [-0.39, 0.29) is 11.0 Å². The maximum Gasteiger partial charge on any atom is 0.316 e. The average Bonchev–Trinajstić information content (AvgIpc) is 3.66. The molecule has 0 spiro atoms. The Kier molecular flexibility index (Phi) is 18.5. The summed E-state index contributed by atoms with van der Waals surface area (Å²) in [5.74, 6) is 1.69. The highest BCUT2D eigenvalue weighted by Gasteiger charge is 2.18. The van der Waals surface area contributed by atoms with Crippen LogP contribution in [0.2, 0.25) is 0 Å². The Hall–Kier alpha value is -2.91. The molecule has 3 aromatic heterocycles. The van der Waals surface area contributed by atoms with Crippen LogP contribution in [-0.4, -0.2) is 68.3 Å². The lowest BCUT2D eigenvalue weighted by Gasteiger charge is -2.25. The van der Waals surface area contributed by atoms with E-state index in [9.17, 15) is 0 Å². The number of hydrogen-bond donors (Lipinski definition) is 0. The molecule has 0 unspecified atom stereocenters. The molecule has 0 aliphatic carbocycles. The summed E-state index contributed by atoms with van der Waals surface area (Å²) in [6, 6.07) is 0.459. The average molecular weight is 669 g/mol. The fourth-order valence-corrected chi connectivity index (χ4v) is 4.20. The molecule has 0 bridgehead atoms. The predicted molar refractivity (Wildman–Crippen MR) is 197 cm³/mol. The number of hydrogen-bond acceptors (Lipinski definition) is 9. The van der Waals surface area contributed by atoms with Gasteiger partial charge in [-0.05, 0) is 94.3 Å². The number of rotatable bonds is 8. The molecule has 0 saturated carbocycles.